The fraction of sp³-hybridized carbons (Fsp3) is 0.562. The predicted molar refractivity (Wildman–Crippen MR) is 81.7 cm³/mol. The Morgan fingerprint density at radius 2 is 1.95 bits per heavy atom. The summed E-state index contributed by atoms with van der Waals surface area (Å²) in [6, 6.07) is 6.07. The Hall–Kier alpha value is -1.75. The summed E-state index contributed by atoms with van der Waals surface area (Å²) in [5.74, 6) is 0.858. The van der Waals surface area contributed by atoms with Crippen LogP contribution in [0.5, 0.6) is 11.5 Å². The van der Waals surface area contributed by atoms with E-state index in [0.717, 1.165) is 5.56 Å². The van der Waals surface area contributed by atoms with Crippen molar-refractivity contribution in [1.29, 1.82) is 0 Å². The highest BCUT2D eigenvalue weighted by Crippen LogP contribution is 2.31. The van der Waals surface area contributed by atoms with Gasteiger partial charge in [-0.3, -0.25) is 0 Å². The van der Waals surface area contributed by atoms with E-state index in [-0.39, 0.29) is 12.6 Å². The summed E-state index contributed by atoms with van der Waals surface area (Å²) in [5, 5.41) is 3.33. The molecule has 1 aromatic carbocycles. The molecule has 0 unspecified atom stereocenters. The Balaban J connectivity index is 2.85. The summed E-state index contributed by atoms with van der Waals surface area (Å²) in [6.45, 7) is 9.24. The molecule has 21 heavy (non-hydrogen) atoms. The molecule has 0 aliphatic carbocycles. The average molecular weight is 295 g/mol. The number of benzene rings is 1. The Morgan fingerprint density at radius 3 is 2.57 bits per heavy atom. The predicted octanol–water partition coefficient (Wildman–Crippen LogP) is 2.53. The molecule has 0 aromatic heterocycles. The van der Waals surface area contributed by atoms with Crippen LogP contribution in [0.2, 0.25) is 0 Å². The number of carbonyl (C=O) groups is 1. The van der Waals surface area contributed by atoms with Crippen LogP contribution in [0.3, 0.4) is 0 Å². The largest absolute Gasteiger partial charge is 0.490 e. The summed E-state index contributed by atoms with van der Waals surface area (Å²) in [6.07, 6.45) is 0. The lowest BCUT2D eigenvalue weighted by molar-refractivity contribution is -0.145. The van der Waals surface area contributed by atoms with E-state index in [2.05, 4.69) is 19.2 Å². The molecule has 0 radical (unpaired) electrons. The maximum atomic E-state index is 11.5. The maximum absolute atomic E-state index is 11.5. The third kappa shape index (κ3) is 6.04. The lowest BCUT2D eigenvalue weighted by atomic mass is 10.1. The zero-order chi connectivity index (χ0) is 15.7. The van der Waals surface area contributed by atoms with Crippen molar-refractivity contribution < 1.29 is 19.0 Å². The number of hydrogen-bond acceptors (Lipinski definition) is 5. The van der Waals surface area contributed by atoms with Crippen LogP contribution in [0, 0.1) is 0 Å². The standard InChI is InChI=1S/C16H25NO4/c1-5-19-14-9-7-8-13(10-17-12(3)4)16(14)21-11-15(18)20-6-2/h7-9,12,17H,5-6,10-11H2,1-4H3. The van der Waals surface area contributed by atoms with E-state index in [9.17, 15) is 4.79 Å². The molecule has 118 valence electrons. The monoisotopic (exact) mass is 295 g/mol. The van der Waals surface area contributed by atoms with Crippen molar-refractivity contribution in [2.24, 2.45) is 0 Å². The Kier molecular flexibility index (Phi) is 7.61. The molecular formula is C16H25NO4. The molecule has 0 amide bonds. The van der Waals surface area contributed by atoms with Gasteiger partial charge in [0.1, 0.15) is 0 Å². The second-order valence-electron chi connectivity index (χ2n) is 4.81. The van der Waals surface area contributed by atoms with Gasteiger partial charge in [-0.2, -0.15) is 0 Å². The van der Waals surface area contributed by atoms with Crippen LogP contribution in [0.25, 0.3) is 0 Å². The number of hydrogen-bond donors (Lipinski definition) is 1. The highest BCUT2D eigenvalue weighted by atomic mass is 16.6. The van der Waals surface area contributed by atoms with Crippen LogP contribution in [-0.4, -0.2) is 31.8 Å². The van der Waals surface area contributed by atoms with Gasteiger partial charge in [-0.25, -0.2) is 4.79 Å². The van der Waals surface area contributed by atoms with Crippen LogP contribution < -0.4 is 14.8 Å². The van der Waals surface area contributed by atoms with Crippen LogP contribution in [-0.2, 0) is 16.1 Å². The summed E-state index contributed by atoms with van der Waals surface area (Å²) in [4.78, 5) is 11.5. The minimum absolute atomic E-state index is 0.118. The van der Waals surface area contributed by atoms with Gasteiger partial charge in [0, 0.05) is 18.2 Å². The molecule has 1 aromatic rings. The average Bonchev–Trinajstić information content (AvgIpc) is 2.44. The van der Waals surface area contributed by atoms with Crippen LogP contribution in [0.4, 0.5) is 0 Å². The van der Waals surface area contributed by atoms with Crippen molar-refractivity contribution in [1.82, 2.24) is 5.32 Å². The molecule has 0 aliphatic rings. The van der Waals surface area contributed by atoms with Crippen molar-refractivity contribution in [2.45, 2.75) is 40.3 Å². The topological polar surface area (TPSA) is 56.8 Å². The van der Waals surface area contributed by atoms with Gasteiger partial charge in [0.2, 0.25) is 0 Å². The first-order valence-corrected chi connectivity index (χ1v) is 7.34. The summed E-state index contributed by atoms with van der Waals surface area (Å²) >= 11 is 0. The third-order valence-electron chi connectivity index (χ3n) is 2.70. The number of carbonyl (C=O) groups excluding carboxylic acids is 1. The molecule has 0 fully saturated rings. The van der Waals surface area contributed by atoms with Gasteiger partial charge in [0.25, 0.3) is 0 Å². The van der Waals surface area contributed by atoms with E-state index in [1.165, 1.54) is 0 Å². The molecule has 1 rings (SSSR count). The van der Waals surface area contributed by atoms with Crippen molar-refractivity contribution in [3.8, 4) is 11.5 Å². The van der Waals surface area contributed by atoms with Gasteiger partial charge in [-0.05, 0) is 19.9 Å². The number of rotatable bonds is 9. The van der Waals surface area contributed by atoms with E-state index in [0.29, 0.717) is 37.3 Å². The SMILES string of the molecule is CCOC(=O)COc1c(CNC(C)C)cccc1OCC. The first-order valence-electron chi connectivity index (χ1n) is 7.34. The van der Waals surface area contributed by atoms with E-state index in [1.807, 2.05) is 25.1 Å². The van der Waals surface area contributed by atoms with Gasteiger partial charge >= 0.3 is 5.97 Å². The summed E-state index contributed by atoms with van der Waals surface area (Å²) in [7, 11) is 0. The van der Waals surface area contributed by atoms with E-state index < -0.39 is 0 Å². The van der Waals surface area contributed by atoms with Crippen molar-refractivity contribution in [3.63, 3.8) is 0 Å². The lowest BCUT2D eigenvalue weighted by Gasteiger charge is -2.17. The molecule has 0 atom stereocenters. The minimum atomic E-state index is -0.383. The molecule has 1 N–H and O–H groups in total. The third-order valence-corrected chi connectivity index (χ3v) is 2.70. The summed E-state index contributed by atoms with van der Waals surface area (Å²) < 4.78 is 16.1. The molecule has 0 saturated carbocycles. The van der Waals surface area contributed by atoms with Gasteiger partial charge in [-0.15, -0.1) is 0 Å². The molecule has 5 nitrogen and oxygen atoms in total. The lowest BCUT2D eigenvalue weighted by Crippen LogP contribution is -2.23. The molecule has 0 heterocycles. The Labute approximate surface area is 126 Å². The van der Waals surface area contributed by atoms with Gasteiger partial charge in [-0.1, -0.05) is 26.0 Å². The molecule has 5 heteroatoms. The van der Waals surface area contributed by atoms with Gasteiger partial charge in [0.15, 0.2) is 18.1 Å². The van der Waals surface area contributed by atoms with E-state index >= 15 is 0 Å². The summed E-state index contributed by atoms with van der Waals surface area (Å²) in [5.41, 5.74) is 0.957. The van der Waals surface area contributed by atoms with E-state index in [4.69, 9.17) is 14.2 Å². The first kappa shape index (κ1) is 17.3. The Bertz CT molecular complexity index is 446. The van der Waals surface area contributed by atoms with Crippen molar-refractivity contribution in [3.05, 3.63) is 23.8 Å². The van der Waals surface area contributed by atoms with Gasteiger partial charge < -0.3 is 19.5 Å². The van der Waals surface area contributed by atoms with Crippen LogP contribution in [0.15, 0.2) is 18.2 Å². The van der Waals surface area contributed by atoms with E-state index in [1.54, 1.807) is 6.92 Å². The number of para-hydroxylation sites is 1. The smallest absolute Gasteiger partial charge is 0.344 e. The van der Waals surface area contributed by atoms with Crippen molar-refractivity contribution >= 4 is 5.97 Å². The zero-order valence-electron chi connectivity index (χ0n) is 13.3. The van der Waals surface area contributed by atoms with Crippen LogP contribution >= 0.6 is 0 Å². The molecular weight excluding hydrogens is 270 g/mol. The second kappa shape index (κ2) is 9.23. The fourth-order valence-corrected chi connectivity index (χ4v) is 1.78. The molecule has 0 bridgehead atoms. The normalized spacial score (nSPS) is 10.5. The fourth-order valence-electron chi connectivity index (χ4n) is 1.78. The Morgan fingerprint density at radius 1 is 1.19 bits per heavy atom. The zero-order valence-corrected chi connectivity index (χ0v) is 13.3. The minimum Gasteiger partial charge on any atom is -0.490 e. The van der Waals surface area contributed by atoms with Gasteiger partial charge in [0.05, 0.1) is 13.2 Å². The quantitative estimate of drug-likeness (QED) is 0.709. The number of nitrogens with one attached hydrogen (secondary N) is 1. The number of ether oxygens (including phenoxy) is 3. The van der Waals surface area contributed by atoms with Crippen LogP contribution in [0.1, 0.15) is 33.3 Å². The highest BCUT2D eigenvalue weighted by Gasteiger charge is 2.13. The molecule has 0 saturated heterocycles. The van der Waals surface area contributed by atoms with Crippen molar-refractivity contribution in [2.75, 3.05) is 19.8 Å². The molecule has 0 spiro atoms. The molecule has 0 aliphatic heterocycles. The second-order valence-corrected chi connectivity index (χ2v) is 4.81. The maximum Gasteiger partial charge on any atom is 0.344 e. The first-order chi connectivity index (χ1) is 10.1. The number of esters is 1. The highest BCUT2D eigenvalue weighted by molar-refractivity contribution is 5.71.